The van der Waals surface area contributed by atoms with E-state index in [0.29, 0.717) is 12.0 Å². The van der Waals surface area contributed by atoms with E-state index in [1.807, 2.05) is 54.6 Å². The summed E-state index contributed by atoms with van der Waals surface area (Å²) in [4.78, 5) is 43.3. The summed E-state index contributed by atoms with van der Waals surface area (Å²) in [5.41, 5.74) is 9.77. The van der Waals surface area contributed by atoms with E-state index in [-0.39, 0.29) is 41.9 Å². The Labute approximate surface area is 253 Å². The number of likely N-dealkylation sites (N-methyl/N-ethyl adjacent to an activating group) is 3. The maximum absolute atomic E-state index is 14.1. The largest absolute Gasteiger partial charge is 0.357 e. The third-order valence-corrected chi connectivity index (χ3v) is 8.43. The number of halogens is 1. The molecular formula is C35H41FN4O3. The number of benzene rings is 3. The molecule has 4 rings (SSSR count). The molecule has 0 bridgehead atoms. The minimum absolute atomic E-state index is 0.191. The van der Waals surface area contributed by atoms with E-state index < -0.39 is 12.1 Å². The zero-order valence-corrected chi connectivity index (χ0v) is 25.1. The number of amides is 3. The number of carbonyl (C=O) groups excluding carboxylic acids is 3. The molecule has 0 spiro atoms. The van der Waals surface area contributed by atoms with Gasteiger partial charge in [0.2, 0.25) is 17.7 Å². The van der Waals surface area contributed by atoms with Gasteiger partial charge < -0.3 is 20.9 Å². The van der Waals surface area contributed by atoms with Crippen LogP contribution in [0.1, 0.15) is 36.8 Å². The molecule has 0 aromatic heterocycles. The first-order valence-electron chi connectivity index (χ1n) is 14.7. The molecule has 1 aliphatic rings. The molecule has 3 amide bonds. The molecule has 0 unspecified atom stereocenters. The van der Waals surface area contributed by atoms with Crippen molar-refractivity contribution in [2.24, 2.45) is 5.73 Å². The summed E-state index contributed by atoms with van der Waals surface area (Å²) in [5.74, 6) is -1.42. The molecule has 1 saturated carbocycles. The molecule has 3 N–H and O–H groups in total. The number of nitrogens with one attached hydrogen (secondary N) is 1. The van der Waals surface area contributed by atoms with Crippen molar-refractivity contribution in [3.8, 4) is 11.1 Å². The second kappa shape index (κ2) is 14.2. The highest BCUT2D eigenvalue weighted by atomic mass is 19.1. The predicted molar refractivity (Wildman–Crippen MR) is 167 cm³/mol. The number of nitrogens with two attached hydrogens (primary N) is 1. The zero-order valence-electron chi connectivity index (χ0n) is 25.1. The summed E-state index contributed by atoms with van der Waals surface area (Å²) in [6.45, 7) is 0. The highest BCUT2D eigenvalue weighted by Gasteiger charge is 2.35. The van der Waals surface area contributed by atoms with Gasteiger partial charge >= 0.3 is 0 Å². The fourth-order valence-electron chi connectivity index (χ4n) is 5.38. The fourth-order valence-corrected chi connectivity index (χ4v) is 5.38. The van der Waals surface area contributed by atoms with E-state index in [2.05, 4.69) is 5.32 Å². The maximum atomic E-state index is 14.1. The Morgan fingerprint density at radius 2 is 1.42 bits per heavy atom. The van der Waals surface area contributed by atoms with Crippen molar-refractivity contribution >= 4 is 17.7 Å². The Morgan fingerprint density at radius 1 is 0.860 bits per heavy atom. The molecule has 8 heteroatoms. The van der Waals surface area contributed by atoms with Gasteiger partial charge in [-0.2, -0.15) is 0 Å². The monoisotopic (exact) mass is 584 g/mol. The molecule has 2 atom stereocenters. The average Bonchev–Trinajstić information content (AvgIpc) is 3.01. The van der Waals surface area contributed by atoms with Gasteiger partial charge in [0.25, 0.3) is 0 Å². The van der Waals surface area contributed by atoms with E-state index in [1.165, 1.54) is 35.1 Å². The lowest BCUT2D eigenvalue weighted by atomic mass is 9.75. The van der Waals surface area contributed by atoms with Gasteiger partial charge in [-0.3, -0.25) is 14.4 Å². The lowest BCUT2D eigenvalue weighted by Gasteiger charge is -2.37. The lowest BCUT2D eigenvalue weighted by Crippen LogP contribution is -2.55. The van der Waals surface area contributed by atoms with Gasteiger partial charge in [-0.1, -0.05) is 72.8 Å². The molecule has 1 aliphatic carbocycles. The molecule has 0 aliphatic heterocycles. The Balaban J connectivity index is 1.58. The predicted octanol–water partition coefficient (Wildman–Crippen LogP) is 4.51. The molecule has 226 valence electrons. The first kappa shape index (κ1) is 31.6. The van der Waals surface area contributed by atoms with Crippen molar-refractivity contribution in [3.63, 3.8) is 0 Å². The normalized spacial score (nSPS) is 15.3. The van der Waals surface area contributed by atoms with Gasteiger partial charge in [0.05, 0.1) is 0 Å². The molecule has 0 heterocycles. The quantitative estimate of drug-likeness (QED) is 0.307. The van der Waals surface area contributed by atoms with E-state index in [4.69, 9.17) is 5.73 Å². The SMILES string of the molecule is CNC(=O)[C@@H](Cc1ccc(F)cc1)N(C)C(=O)[C@@H](Cc1ccc(-c2ccccc2)cc1)N(C)C(=O)C=CCC1(N)CCC1. The fraction of sp³-hybridized carbons (Fsp3) is 0.343. The zero-order chi connectivity index (χ0) is 31.0. The van der Waals surface area contributed by atoms with Crippen LogP contribution in [-0.2, 0) is 27.2 Å². The van der Waals surface area contributed by atoms with Crippen molar-refractivity contribution in [1.29, 1.82) is 0 Å². The molecule has 7 nitrogen and oxygen atoms in total. The summed E-state index contributed by atoms with van der Waals surface area (Å²) >= 11 is 0. The van der Waals surface area contributed by atoms with Gasteiger partial charge in [0.1, 0.15) is 17.9 Å². The van der Waals surface area contributed by atoms with Crippen molar-refractivity contribution in [3.05, 3.63) is 108 Å². The van der Waals surface area contributed by atoms with E-state index in [9.17, 15) is 18.8 Å². The van der Waals surface area contributed by atoms with Gasteiger partial charge in [0, 0.05) is 39.5 Å². The topological polar surface area (TPSA) is 95.7 Å². The molecule has 1 fully saturated rings. The van der Waals surface area contributed by atoms with Crippen LogP contribution in [0, 0.1) is 5.82 Å². The van der Waals surface area contributed by atoms with E-state index >= 15 is 0 Å². The number of nitrogens with zero attached hydrogens (tertiary/aromatic N) is 2. The summed E-state index contributed by atoms with van der Waals surface area (Å²) in [5, 5.41) is 2.64. The molecular weight excluding hydrogens is 543 g/mol. The smallest absolute Gasteiger partial charge is 0.246 e. The summed E-state index contributed by atoms with van der Waals surface area (Å²) in [7, 11) is 4.69. The van der Waals surface area contributed by atoms with Crippen LogP contribution < -0.4 is 11.1 Å². The van der Waals surface area contributed by atoms with Crippen LogP contribution in [0.25, 0.3) is 11.1 Å². The van der Waals surface area contributed by atoms with E-state index in [0.717, 1.165) is 36.0 Å². The number of carbonyl (C=O) groups is 3. The van der Waals surface area contributed by atoms with Gasteiger partial charge in [-0.05, 0) is 66.1 Å². The molecule has 3 aromatic rings. The summed E-state index contributed by atoms with van der Waals surface area (Å²) in [6, 6.07) is 22.0. The average molecular weight is 585 g/mol. The highest BCUT2D eigenvalue weighted by Crippen LogP contribution is 2.32. The second-order valence-corrected chi connectivity index (χ2v) is 11.5. The minimum atomic E-state index is -0.874. The molecule has 43 heavy (non-hydrogen) atoms. The standard InChI is InChI=1S/C35H41FN4O3/c1-38-33(42)30(23-26-14-18-29(36)19-15-26)40(3)34(43)31(39(2)32(41)11-7-20-35(37)21-8-22-35)24-25-12-16-28(17-13-25)27-9-5-4-6-10-27/h4-7,9-19,30-31H,8,20-24,37H2,1-3H3,(H,38,42)/t30-,31-/m1/s1. The van der Waals surface area contributed by atoms with E-state index in [1.54, 1.807) is 32.3 Å². The van der Waals surface area contributed by atoms with Crippen LogP contribution in [0.15, 0.2) is 91.0 Å². The van der Waals surface area contributed by atoms with Crippen LogP contribution in [-0.4, -0.2) is 66.3 Å². The highest BCUT2D eigenvalue weighted by molar-refractivity contribution is 5.95. The van der Waals surface area contributed by atoms with Crippen LogP contribution in [0.5, 0.6) is 0 Å². The van der Waals surface area contributed by atoms with Crippen molar-refractivity contribution in [1.82, 2.24) is 15.1 Å². The van der Waals surface area contributed by atoms with Gasteiger partial charge in [-0.15, -0.1) is 0 Å². The van der Waals surface area contributed by atoms with Crippen LogP contribution in [0.2, 0.25) is 0 Å². The van der Waals surface area contributed by atoms with Crippen LogP contribution in [0.4, 0.5) is 4.39 Å². The van der Waals surface area contributed by atoms with Crippen LogP contribution >= 0.6 is 0 Å². The summed E-state index contributed by atoms with van der Waals surface area (Å²) < 4.78 is 13.5. The third kappa shape index (κ3) is 8.17. The Morgan fingerprint density at radius 3 is 1.98 bits per heavy atom. The van der Waals surface area contributed by atoms with Crippen LogP contribution in [0.3, 0.4) is 0 Å². The first-order chi connectivity index (χ1) is 20.6. The number of hydrogen-bond donors (Lipinski definition) is 2. The molecule has 3 aromatic carbocycles. The molecule has 0 radical (unpaired) electrons. The lowest BCUT2D eigenvalue weighted by molar-refractivity contribution is -0.146. The Hall–Kier alpha value is -4.30. The van der Waals surface area contributed by atoms with Crippen molar-refractivity contribution in [2.45, 2.75) is 56.1 Å². The summed E-state index contributed by atoms with van der Waals surface area (Å²) in [6.07, 6.45) is 7.28. The second-order valence-electron chi connectivity index (χ2n) is 11.5. The van der Waals surface area contributed by atoms with Crippen molar-refractivity contribution in [2.75, 3.05) is 21.1 Å². The Bertz CT molecular complexity index is 1420. The first-order valence-corrected chi connectivity index (χ1v) is 14.7. The maximum Gasteiger partial charge on any atom is 0.246 e. The molecule has 0 saturated heterocycles. The minimum Gasteiger partial charge on any atom is -0.357 e. The number of hydrogen-bond acceptors (Lipinski definition) is 4. The Kier molecular flexibility index (Phi) is 10.5. The van der Waals surface area contributed by atoms with Crippen molar-refractivity contribution < 1.29 is 18.8 Å². The third-order valence-electron chi connectivity index (χ3n) is 8.43. The van der Waals surface area contributed by atoms with Gasteiger partial charge in [-0.25, -0.2) is 4.39 Å². The van der Waals surface area contributed by atoms with Gasteiger partial charge in [0.15, 0.2) is 0 Å². The number of rotatable bonds is 12.